The Hall–Kier alpha value is -2.05. The van der Waals surface area contributed by atoms with Crippen molar-refractivity contribution in [2.45, 2.75) is 198 Å². The molecule has 0 aromatic heterocycles. The first-order chi connectivity index (χ1) is 31.2. The monoisotopic (exact) mass is 954 g/mol. The molecule has 25 atom stereocenters. The van der Waals surface area contributed by atoms with Gasteiger partial charge in [0.15, 0.2) is 12.6 Å². The maximum absolute atomic E-state index is 15.0. The zero-order chi connectivity index (χ0) is 49.2. The van der Waals surface area contributed by atoms with Gasteiger partial charge in [0, 0.05) is 29.6 Å². The molecule has 0 spiro atoms. The van der Waals surface area contributed by atoms with E-state index in [4.69, 9.17) is 28.4 Å². The minimum atomic E-state index is -1.91. The van der Waals surface area contributed by atoms with Crippen LogP contribution in [0.25, 0.3) is 0 Å². The molecule has 3 heterocycles. The highest BCUT2D eigenvalue weighted by Crippen LogP contribution is 2.77. The van der Waals surface area contributed by atoms with Gasteiger partial charge < -0.3 is 79.5 Å². The number of fused-ring (bicyclic) bond motifs is 7. The van der Waals surface area contributed by atoms with Crippen LogP contribution in [0.5, 0.6) is 0 Å². The number of Topliss-reactive ketones (excluding diaryl/α,β-unsaturated/α-hetero) is 2. The summed E-state index contributed by atoms with van der Waals surface area (Å²) in [5.41, 5.74) is -2.89. The highest BCUT2D eigenvalue weighted by atomic mass is 16.8. The number of ether oxygens (including phenoxy) is 6. The van der Waals surface area contributed by atoms with Crippen LogP contribution < -0.4 is 0 Å². The molecule has 8 rings (SSSR count). The molecule has 0 aromatic rings. The molecule has 67 heavy (non-hydrogen) atoms. The predicted octanol–water partition coefficient (Wildman–Crippen LogP) is -0.618. The highest BCUT2D eigenvalue weighted by Gasteiger charge is 2.75. The van der Waals surface area contributed by atoms with E-state index < -0.39 is 156 Å². The predicted molar refractivity (Wildman–Crippen MR) is 229 cm³/mol. The fourth-order valence-corrected chi connectivity index (χ4v) is 15.2. The Bertz CT molecular complexity index is 1910. The smallest absolute Gasteiger partial charge is 0.314 e. The number of allylic oxidation sites excluding steroid dienone is 1. The quantitative estimate of drug-likeness (QED) is 0.102. The maximum atomic E-state index is 15.0. The third-order valence-corrected chi connectivity index (χ3v) is 19.3. The van der Waals surface area contributed by atoms with Gasteiger partial charge in [-0.2, -0.15) is 0 Å². The van der Waals surface area contributed by atoms with Gasteiger partial charge in [-0.1, -0.05) is 46.8 Å². The number of aliphatic hydroxyl groups is 10. The topological polar surface area (TPSA) is 309 Å². The standard InChI is InChI=1S/C48H74O19/c1-19(2)21-9-12-48(14-13-45(6)22(29(21)48)15-23(50)39-46(45,7)11-10-26-44(4,5)27(51)16-28(52)47(26,39)8)43(61)67-42-36(59)33(56)31(54)25(65-42)18-62-40-37(60)34(57)38(24(17-49)64-40)66-41-35(58)32(55)30(53)20(3)63-41/h20-22,24-26,28-42,49,52-60H,1,9-18H2,2-8H3/t20-,21+,22+,24-,25-,26+,28+,29-,30-,31-,32+,33+,34-,35-,36-,37-,38-,39-,40-,41+,42+,45+,46+,47+,48-/m0/s1. The van der Waals surface area contributed by atoms with E-state index in [1.165, 1.54) is 6.92 Å². The van der Waals surface area contributed by atoms with Gasteiger partial charge in [0.05, 0.1) is 30.8 Å². The average molecular weight is 955 g/mol. The molecule has 19 heteroatoms. The molecule has 5 saturated carbocycles. The van der Waals surface area contributed by atoms with E-state index in [9.17, 15) is 65.4 Å². The summed E-state index contributed by atoms with van der Waals surface area (Å²) in [6, 6.07) is 0. The summed E-state index contributed by atoms with van der Waals surface area (Å²) in [5.74, 6) is -2.23. The fraction of sp³-hybridized carbons (Fsp3) is 0.896. The van der Waals surface area contributed by atoms with Crippen LogP contribution >= 0.6 is 0 Å². The van der Waals surface area contributed by atoms with E-state index in [1.54, 1.807) is 0 Å². The van der Waals surface area contributed by atoms with E-state index in [0.717, 1.165) is 5.57 Å². The molecule has 19 nitrogen and oxygen atoms in total. The van der Waals surface area contributed by atoms with Crippen LogP contribution in [-0.2, 0) is 42.8 Å². The molecular weight excluding hydrogens is 881 g/mol. The molecule has 0 amide bonds. The zero-order valence-corrected chi connectivity index (χ0v) is 39.5. The largest absolute Gasteiger partial charge is 0.432 e. The summed E-state index contributed by atoms with van der Waals surface area (Å²) < 4.78 is 34.5. The molecule has 5 aliphatic carbocycles. The fourth-order valence-electron chi connectivity index (χ4n) is 15.2. The van der Waals surface area contributed by atoms with Gasteiger partial charge in [-0.25, -0.2) is 0 Å². The van der Waals surface area contributed by atoms with E-state index in [-0.39, 0.29) is 42.2 Å². The summed E-state index contributed by atoms with van der Waals surface area (Å²) in [5, 5.41) is 108. The molecule has 10 N–H and O–H groups in total. The lowest BCUT2D eigenvalue weighted by atomic mass is 9.31. The Morgan fingerprint density at radius 2 is 1.34 bits per heavy atom. The van der Waals surface area contributed by atoms with Crippen LogP contribution in [0, 0.1) is 56.7 Å². The number of esters is 1. The molecule has 8 fully saturated rings. The van der Waals surface area contributed by atoms with Crippen molar-refractivity contribution in [2.24, 2.45) is 56.7 Å². The van der Waals surface area contributed by atoms with Crippen LogP contribution in [-0.4, -0.2) is 180 Å². The molecular formula is C48H74O19. The van der Waals surface area contributed by atoms with Gasteiger partial charge >= 0.3 is 5.97 Å². The van der Waals surface area contributed by atoms with E-state index in [2.05, 4.69) is 20.4 Å². The van der Waals surface area contributed by atoms with Crippen molar-refractivity contribution in [3.8, 4) is 0 Å². The van der Waals surface area contributed by atoms with Crippen LogP contribution in [0.1, 0.15) is 99.8 Å². The second-order valence-corrected chi connectivity index (χ2v) is 22.8. The second-order valence-electron chi connectivity index (χ2n) is 22.8. The Kier molecular flexibility index (Phi) is 13.7. The van der Waals surface area contributed by atoms with E-state index >= 15 is 0 Å². The molecule has 3 saturated heterocycles. The third-order valence-electron chi connectivity index (χ3n) is 19.3. The van der Waals surface area contributed by atoms with Crippen LogP contribution in [0.3, 0.4) is 0 Å². The minimum absolute atomic E-state index is 0.00477. The van der Waals surface area contributed by atoms with Gasteiger partial charge in [0.25, 0.3) is 0 Å². The Labute approximate surface area is 390 Å². The summed E-state index contributed by atoms with van der Waals surface area (Å²) in [4.78, 5) is 43.2. The number of carbonyl (C=O) groups is 3. The van der Waals surface area contributed by atoms with E-state index in [0.29, 0.717) is 38.5 Å². The molecule has 0 aromatic carbocycles. The molecule has 0 radical (unpaired) electrons. The number of carbonyl (C=O) groups excluding carboxylic acids is 3. The van der Waals surface area contributed by atoms with Gasteiger partial charge in [0.2, 0.25) is 6.29 Å². The lowest BCUT2D eigenvalue weighted by Gasteiger charge is -2.71. The van der Waals surface area contributed by atoms with Crippen molar-refractivity contribution < 1.29 is 93.9 Å². The Balaban J connectivity index is 0.984. The SMILES string of the molecule is C=C(C)[C@H]1CC[C@]2(C(=O)O[C@H]3O[C@@H](CO[C@H]4O[C@@H](CO)[C@H](O[C@H]5O[C@@H](C)[C@H](O)[C@@H](O)[C@@H]5O)[C@@H](O)[C@@H]4O)[C@H](O)[C@@H](O)[C@@H]3O)CC[C@]3(C)[C@H](CC(=O)[C@@H]4[C@@]5(C)[C@H](O)CC(=O)C(C)(C)[C@H]5CC[C@]43C)[C@H]12. The zero-order valence-electron chi connectivity index (χ0n) is 39.5. The summed E-state index contributed by atoms with van der Waals surface area (Å²) in [6.45, 7) is 16.5. The summed E-state index contributed by atoms with van der Waals surface area (Å²) in [7, 11) is 0. The van der Waals surface area contributed by atoms with Crippen LogP contribution in [0.4, 0.5) is 0 Å². The van der Waals surface area contributed by atoms with Crippen LogP contribution in [0.2, 0.25) is 0 Å². The summed E-state index contributed by atoms with van der Waals surface area (Å²) >= 11 is 0. The maximum Gasteiger partial charge on any atom is 0.314 e. The normalized spacial score (nSPS) is 54.0. The van der Waals surface area contributed by atoms with Crippen molar-refractivity contribution in [1.29, 1.82) is 0 Å². The molecule has 0 bridgehead atoms. The number of hydrogen-bond acceptors (Lipinski definition) is 19. The summed E-state index contributed by atoms with van der Waals surface area (Å²) in [6.07, 6.45) is -22.3. The number of aliphatic hydroxyl groups excluding tert-OH is 10. The first kappa shape index (κ1) is 51.3. The third kappa shape index (κ3) is 7.66. The molecule has 3 aliphatic heterocycles. The van der Waals surface area contributed by atoms with Crippen molar-refractivity contribution in [3.63, 3.8) is 0 Å². The van der Waals surface area contributed by atoms with Crippen LogP contribution in [0.15, 0.2) is 12.2 Å². The average Bonchev–Trinajstić information content (AvgIpc) is 3.68. The lowest BCUT2D eigenvalue weighted by molar-refractivity contribution is -0.361. The first-order valence-electron chi connectivity index (χ1n) is 24.1. The highest BCUT2D eigenvalue weighted by molar-refractivity contribution is 5.89. The molecule has 0 unspecified atom stereocenters. The van der Waals surface area contributed by atoms with E-state index in [1.807, 2.05) is 27.7 Å². The first-order valence-corrected chi connectivity index (χ1v) is 24.1. The minimum Gasteiger partial charge on any atom is -0.432 e. The lowest BCUT2D eigenvalue weighted by Crippen LogP contribution is -2.71. The van der Waals surface area contributed by atoms with Gasteiger partial charge in [-0.05, 0) is 86.9 Å². The van der Waals surface area contributed by atoms with Gasteiger partial charge in [0.1, 0.15) is 78.7 Å². The number of ketones is 2. The van der Waals surface area contributed by atoms with Gasteiger partial charge in [-0.3, -0.25) is 14.4 Å². The number of hydrogen-bond donors (Lipinski definition) is 10. The van der Waals surface area contributed by atoms with Crippen molar-refractivity contribution in [2.75, 3.05) is 13.2 Å². The Morgan fingerprint density at radius 3 is 2.00 bits per heavy atom. The molecule has 8 aliphatic rings. The number of rotatable bonds is 9. The van der Waals surface area contributed by atoms with Gasteiger partial charge in [-0.15, -0.1) is 0 Å². The van der Waals surface area contributed by atoms with Crippen molar-refractivity contribution in [1.82, 2.24) is 0 Å². The van der Waals surface area contributed by atoms with Crippen molar-refractivity contribution in [3.05, 3.63) is 12.2 Å². The Morgan fingerprint density at radius 1 is 0.716 bits per heavy atom. The molecule has 380 valence electrons. The van der Waals surface area contributed by atoms with Crippen molar-refractivity contribution >= 4 is 17.5 Å². The second kappa shape index (κ2) is 17.9.